The first-order valence-electron chi connectivity index (χ1n) is 18.6. The van der Waals surface area contributed by atoms with Crippen LogP contribution >= 0.6 is 0 Å². The zero-order chi connectivity index (χ0) is 37.8. The van der Waals surface area contributed by atoms with E-state index in [0.717, 1.165) is 0 Å². The summed E-state index contributed by atoms with van der Waals surface area (Å²) in [6.45, 7) is 14.1. The van der Waals surface area contributed by atoms with Crippen LogP contribution in [0.25, 0.3) is 0 Å². The molecule has 16 atom stereocenters. The largest absolute Gasteiger partial charge is 0.469 e. The maximum Gasteiger partial charge on any atom is 0.323 e. The highest BCUT2D eigenvalue weighted by Crippen LogP contribution is 2.91. The Morgan fingerprint density at radius 2 is 1.63 bits per heavy atom. The van der Waals surface area contributed by atoms with Crippen molar-refractivity contribution >= 4 is 23.7 Å². The fourth-order valence-corrected chi connectivity index (χ4v) is 14.3. The van der Waals surface area contributed by atoms with Gasteiger partial charge in [-0.25, -0.2) is 0 Å². The molecule has 4 aliphatic heterocycles. The molecule has 9 rings (SSSR count). The molecule has 0 amide bonds. The summed E-state index contributed by atoms with van der Waals surface area (Å²) in [5.74, 6) is -7.43. The second kappa shape index (κ2) is 9.66. The van der Waals surface area contributed by atoms with E-state index in [1.54, 1.807) is 40.7 Å². The molecule has 5 saturated carbocycles. The van der Waals surface area contributed by atoms with E-state index in [1.165, 1.54) is 14.2 Å². The second-order valence-electron chi connectivity index (χ2n) is 18.4. The number of ether oxygens (including phenoxy) is 8. The predicted molar refractivity (Wildman–Crippen MR) is 173 cm³/mol. The minimum atomic E-state index is -2.29. The number of carbonyl (C=O) groups excluding carboxylic acids is 4. The van der Waals surface area contributed by atoms with Crippen LogP contribution in [0.4, 0.5) is 0 Å². The van der Waals surface area contributed by atoms with Gasteiger partial charge in [0, 0.05) is 54.1 Å². The molecule has 2 N–H and O–H groups in total. The average molecular weight is 731 g/mol. The highest BCUT2D eigenvalue weighted by atomic mass is 16.9. The lowest BCUT2D eigenvalue weighted by molar-refractivity contribution is -0.481. The maximum absolute atomic E-state index is 15.4. The number of hydrogen-bond acceptors (Lipinski definition) is 14. The first kappa shape index (κ1) is 35.3. The zero-order valence-electron chi connectivity index (χ0n) is 31.4. The topological polar surface area (TPSA) is 183 Å². The van der Waals surface area contributed by atoms with Crippen LogP contribution in [0.1, 0.15) is 81.1 Å². The maximum atomic E-state index is 15.4. The smallest absolute Gasteiger partial charge is 0.323 e. The summed E-state index contributed by atoms with van der Waals surface area (Å²) in [6, 6.07) is 0. The number of aliphatic hydroxyl groups excluding tert-OH is 1. The second-order valence-corrected chi connectivity index (χ2v) is 18.4. The van der Waals surface area contributed by atoms with Crippen LogP contribution in [0.15, 0.2) is 11.6 Å². The van der Waals surface area contributed by atoms with E-state index >= 15 is 9.59 Å². The van der Waals surface area contributed by atoms with Gasteiger partial charge in [-0.1, -0.05) is 48.5 Å². The fraction of sp³-hybridized carbons (Fsp3) is 0.842. The number of fused-ring (bicyclic) bond motifs is 5. The summed E-state index contributed by atoms with van der Waals surface area (Å²) in [5, 5.41) is 26.0. The molecule has 0 radical (unpaired) electrons. The van der Waals surface area contributed by atoms with E-state index in [4.69, 9.17) is 37.9 Å². The van der Waals surface area contributed by atoms with E-state index in [9.17, 15) is 19.8 Å². The molecule has 286 valence electrons. The molecule has 52 heavy (non-hydrogen) atoms. The Labute approximate surface area is 302 Å². The van der Waals surface area contributed by atoms with Gasteiger partial charge in [0.1, 0.15) is 29.0 Å². The number of rotatable bonds is 7. The molecule has 4 heterocycles. The summed E-state index contributed by atoms with van der Waals surface area (Å²) in [4.78, 5) is 57.5. The highest BCUT2D eigenvalue weighted by molar-refractivity contribution is 6.08. The van der Waals surface area contributed by atoms with E-state index in [0.29, 0.717) is 5.57 Å². The van der Waals surface area contributed by atoms with Gasteiger partial charge in [-0.05, 0) is 31.3 Å². The monoisotopic (exact) mass is 730 g/mol. The van der Waals surface area contributed by atoms with Crippen molar-refractivity contribution in [1.29, 1.82) is 0 Å². The first-order chi connectivity index (χ1) is 24.1. The van der Waals surface area contributed by atoms with Crippen LogP contribution in [0.2, 0.25) is 0 Å². The van der Waals surface area contributed by atoms with Crippen molar-refractivity contribution in [3.8, 4) is 0 Å². The molecule has 14 nitrogen and oxygen atoms in total. The van der Waals surface area contributed by atoms with Gasteiger partial charge in [0.15, 0.2) is 29.2 Å². The van der Waals surface area contributed by atoms with Crippen molar-refractivity contribution < 1.29 is 67.3 Å². The first-order valence-corrected chi connectivity index (χ1v) is 18.6. The van der Waals surface area contributed by atoms with Crippen molar-refractivity contribution in [2.24, 2.45) is 45.3 Å². The molecule has 14 heteroatoms. The van der Waals surface area contributed by atoms with Crippen molar-refractivity contribution in [2.75, 3.05) is 14.2 Å². The molecule has 9 aliphatic rings. The SMILES string of the molecule is COC(=O)C[C@H]1[C@@]2(C)C[C@@]34O[C@]5(C)O[C@]67[C@H](OC(=O)[C@]8(C(=O)C(C)C)[C@@H]9O[C@H](OC)C=C9[C@H](OC(=O)C(C)C)[C@](C)(CC[C@]6(O5)[C@]13C)[C@@H]87)[C@@]4(O)[C@H]2O. The number of Topliss-reactive ketones (excluding diaryl/α,β-unsaturated/α-hetero) is 1. The fourth-order valence-electron chi connectivity index (χ4n) is 14.3. The van der Waals surface area contributed by atoms with Gasteiger partial charge in [-0.2, -0.15) is 0 Å². The van der Waals surface area contributed by atoms with Gasteiger partial charge >= 0.3 is 17.9 Å². The Bertz CT molecular complexity index is 1760. The summed E-state index contributed by atoms with van der Waals surface area (Å²) < 4.78 is 51.7. The van der Waals surface area contributed by atoms with E-state index in [-0.39, 0.29) is 25.7 Å². The van der Waals surface area contributed by atoms with Crippen molar-refractivity contribution in [3.05, 3.63) is 11.6 Å². The number of carbonyl (C=O) groups is 4. The lowest BCUT2D eigenvalue weighted by Gasteiger charge is -2.79. The third-order valence-corrected chi connectivity index (χ3v) is 15.8. The van der Waals surface area contributed by atoms with Crippen molar-refractivity contribution in [2.45, 2.75) is 140 Å². The predicted octanol–water partition coefficient (Wildman–Crippen LogP) is 2.10. The van der Waals surface area contributed by atoms with Crippen molar-refractivity contribution in [1.82, 2.24) is 0 Å². The number of aliphatic hydroxyl groups is 2. The van der Waals surface area contributed by atoms with E-state index in [1.807, 2.05) is 20.8 Å². The van der Waals surface area contributed by atoms with Gasteiger partial charge < -0.3 is 48.1 Å². The molecular formula is C38H50O14. The summed E-state index contributed by atoms with van der Waals surface area (Å²) in [6.07, 6.45) is -4.39. The Morgan fingerprint density at radius 1 is 0.962 bits per heavy atom. The molecule has 3 spiro atoms. The van der Waals surface area contributed by atoms with Gasteiger partial charge in [0.05, 0.1) is 19.1 Å². The highest BCUT2D eigenvalue weighted by Gasteiger charge is 3.05. The molecule has 0 aromatic heterocycles. The normalized spacial score (nSPS) is 56.7. The Hall–Kier alpha value is -2.46. The molecular weight excluding hydrogens is 680 g/mol. The van der Waals surface area contributed by atoms with Gasteiger partial charge in [0.25, 0.3) is 5.97 Å². The molecule has 0 aromatic carbocycles. The zero-order valence-corrected chi connectivity index (χ0v) is 31.4. The lowest BCUT2D eigenvalue weighted by atomic mass is 9.29. The minimum absolute atomic E-state index is 0.102. The average Bonchev–Trinajstić information content (AvgIpc) is 3.71. The summed E-state index contributed by atoms with van der Waals surface area (Å²) >= 11 is 0. The van der Waals surface area contributed by atoms with Crippen LogP contribution in [-0.2, 0) is 57.1 Å². The number of ketones is 1. The number of esters is 3. The summed E-state index contributed by atoms with van der Waals surface area (Å²) in [5.41, 5.74) is -12.7. The van der Waals surface area contributed by atoms with Crippen molar-refractivity contribution in [3.63, 3.8) is 0 Å². The van der Waals surface area contributed by atoms with Gasteiger partial charge in [0.2, 0.25) is 0 Å². The Balaban J connectivity index is 1.40. The standard InChI is InChI=1S/C38H50O14/c1-16(2)22(40)36-24-18(13-21(46-10)47-24)23(48-25(41)17(3)4)30(5)11-12-34-32(7)19(14-20(39)45-9)31(6)15-35(32)37(44,27(31)42)28(49-29(36)43)38(34,26(30)36)52-33(8,50-34)51-35/h13,16-17,19,21,23-24,26-28,42,44H,11-12,14-15H2,1-10H3/t19-,21-,23-,24+,26-,27-,28+,30-,31+,32-,33+,34-,35+,36+,37-,38+/m0/s1. The Kier molecular flexibility index (Phi) is 6.55. The molecule has 4 bridgehead atoms. The third kappa shape index (κ3) is 3.09. The minimum Gasteiger partial charge on any atom is -0.469 e. The van der Waals surface area contributed by atoms with E-state index in [2.05, 4.69) is 0 Å². The Morgan fingerprint density at radius 3 is 2.25 bits per heavy atom. The quantitative estimate of drug-likeness (QED) is 0.168. The van der Waals surface area contributed by atoms with Crippen LogP contribution in [0.5, 0.6) is 0 Å². The van der Waals surface area contributed by atoms with E-state index < -0.39 is 128 Å². The number of methoxy groups -OCH3 is 2. The van der Waals surface area contributed by atoms with Crippen LogP contribution < -0.4 is 0 Å². The molecule has 0 aromatic rings. The third-order valence-electron chi connectivity index (χ3n) is 15.8. The van der Waals surface area contributed by atoms with Crippen LogP contribution in [-0.4, -0.2) is 107 Å². The lowest BCUT2D eigenvalue weighted by Crippen LogP contribution is -2.96. The van der Waals surface area contributed by atoms with Crippen LogP contribution in [0, 0.1) is 45.3 Å². The molecule has 0 unspecified atom stereocenters. The summed E-state index contributed by atoms with van der Waals surface area (Å²) in [7, 11) is 2.73. The van der Waals surface area contributed by atoms with Gasteiger partial charge in [-0.3, -0.25) is 19.2 Å². The molecule has 8 fully saturated rings. The number of hydrogen-bond donors (Lipinski definition) is 2. The molecule has 3 saturated heterocycles. The van der Waals surface area contributed by atoms with Gasteiger partial charge in [-0.15, -0.1) is 0 Å². The van der Waals surface area contributed by atoms with Crippen LogP contribution in [0.3, 0.4) is 0 Å². The molecule has 5 aliphatic carbocycles.